The molecule has 2 amide bonds. The molecule has 0 radical (unpaired) electrons. The number of ether oxygens (including phenoxy) is 1. The van der Waals surface area contributed by atoms with E-state index in [2.05, 4.69) is 6.92 Å². The van der Waals surface area contributed by atoms with Gasteiger partial charge in [-0.05, 0) is 53.6 Å². The Bertz CT molecular complexity index is 864. The molecule has 0 unspecified atom stereocenters. The normalized spacial score (nSPS) is 15.6. The number of rotatable bonds is 7. The molecule has 27 heavy (non-hydrogen) atoms. The molecule has 0 atom stereocenters. The number of imide groups is 1. The zero-order chi connectivity index (χ0) is 19.2. The summed E-state index contributed by atoms with van der Waals surface area (Å²) in [5, 5.41) is 0.255. The molecule has 6 heteroatoms. The predicted molar refractivity (Wildman–Crippen MR) is 110 cm³/mol. The lowest BCUT2D eigenvalue weighted by Gasteiger charge is -2.13. The van der Waals surface area contributed by atoms with E-state index in [0.29, 0.717) is 16.5 Å². The van der Waals surface area contributed by atoms with Gasteiger partial charge in [0.05, 0.1) is 18.1 Å². The van der Waals surface area contributed by atoms with Gasteiger partial charge in [0.15, 0.2) is 0 Å². The molecule has 2 aromatic carbocycles. The third kappa shape index (κ3) is 4.93. The fraction of sp³-hybridized carbons (Fsp3) is 0.238. The Hall–Kier alpha value is -2.24. The van der Waals surface area contributed by atoms with Crippen molar-refractivity contribution in [2.45, 2.75) is 26.3 Å². The number of thioether (sulfide) groups is 1. The van der Waals surface area contributed by atoms with Crippen LogP contribution in [0.5, 0.6) is 5.75 Å². The topological polar surface area (TPSA) is 46.6 Å². The van der Waals surface area contributed by atoms with E-state index in [1.54, 1.807) is 12.1 Å². The number of amides is 2. The zero-order valence-corrected chi connectivity index (χ0v) is 16.6. The van der Waals surface area contributed by atoms with Crippen molar-refractivity contribution in [3.05, 3.63) is 69.6 Å². The highest BCUT2D eigenvalue weighted by Crippen LogP contribution is 2.34. The van der Waals surface area contributed by atoms with Gasteiger partial charge in [0, 0.05) is 5.02 Å². The van der Waals surface area contributed by atoms with Gasteiger partial charge in [-0.1, -0.05) is 55.3 Å². The molecule has 1 aliphatic rings. The predicted octanol–water partition coefficient (Wildman–Crippen LogP) is 5.76. The number of halogens is 1. The molecule has 0 N–H and O–H groups in total. The summed E-state index contributed by atoms with van der Waals surface area (Å²) in [6, 6.07) is 14.7. The van der Waals surface area contributed by atoms with Crippen LogP contribution in [0.1, 0.15) is 30.9 Å². The van der Waals surface area contributed by atoms with Gasteiger partial charge < -0.3 is 4.74 Å². The highest BCUT2D eigenvalue weighted by Gasteiger charge is 2.35. The lowest BCUT2D eigenvalue weighted by molar-refractivity contribution is -0.123. The van der Waals surface area contributed by atoms with Crippen LogP contribution in [0.3, 0.4) is 0 Å². The number of nitrogens with zero attached hydrogens (tertiary/aromatic N) is 1. The Morgan fingerprint density at radius 3 is 2.56 bits per heavy atom. The van der Waals surface area contributed by atoms with E-state index in [-0.39, 0.29) is 17.7 Å². The summed E-state index contributed by atoms with van der Waals surface area (Å²) in [4.78, 5) is 26.5. The molecule has 1 saturated heterocycles. The van der Waals surface area contributed by atoms with Gasteiger partial charge in [-0.25, -0.2) is 0 Å². The van der Waals surface area contributed by atoms with Crippen LogP contribution in [0.15, 0.2) is 53.4 Å². The van der Waals surface area contributed by atoms with Crippen molar-refractivity contribution < 1.29 is 14.3 Å². The summed E-state index contributed by atoms with van der Waals surface area (Å²) in [5.74, 6) is 0.501. The van der Waals surface area contributed by atoms with Crippen LogP contribution in [-0.4, -0.2) is 22.7 Å². The monoisotopic (exact) mass is 401 g/mol. The Kier molecular flexibility index (Phi) is 6.58. The Morgan fingerprint density at radius 1 is 1.11 bits per heavy atom. The first-order chi connectivity index (χ1) is 13.1. The summed E-state index contributed by atoms with van der Waals surface area (Å²) < 4.78 is 5.64. The maximum absolute atomic E-state index is 12.6. The molecule has 1 aliphatic heterocycles. The van der Waals surface area contributed by atoms with E-state index in [1.165, 1.54) is 4.90 Å². The minimum Gasteiger partial charge on any atom is -0.494 e. The largest absolute Gasteiger partial charge is 0.494 e. The van der Waals surface area contributed by atoms with Crippen LogP contribution < -0.4 is 4.74 Å². The fourth-order valence-electron chi connectivity index (χ4n) is 2.58. The lowest BCUT2D eigenvalue weighted by atomic mass is 10.2. The van der Waals surface area contributed by atoms with E-state index in [9.17, 15) is 9.59 Å². The van der Waals surface area contributed by atoms with E-state index in [0.717, 1.165) is 41.5 Å². The SMILES string of the molecule is CCCCOc1ccc(/C=C2\SC(=O)N(Cc3ccccc3Cl)C2=O)cc1. The van der Waals surface area contributed by atoms with Crippen molar-refractivity contribution in [2.75, 3.05) is 6.61 Å². The van der Waals surface area contributed by atoms with Gasteiger partial charge in [0.25, 0.3) is 11.1 Å². The molecule has 0 aromatic heterocycles. The van der Waals surface area contributed by atoms with Gasteiger partial charge in [-0.2, -0.15) is 0 Å². The number of carbonyl (C=O) groups is 2. The third-order valence-corrected chi connectivity index (χ3v) is 5.38. The third-order valence-electron chi connectivity index (χ3n) is 4.10. The molecular formula is C21H20ClNO3S. The van der Waals surface area contributed by atoms with E-state index in [4.69, 9.17) is 16.3 Å². The first kappa shape index (κ1) is 19.5. The van der Waals surface area contributed by atoms with Crippen LogP contribution in [-0.2, 0) is 11.3 Å². The number of carbonyl (C=O) groups excluding carboxylic acids is 2. The summed E-state index contributed by atoms with van der Waals surface area (Å²) in [6.45, 7) is 2.98. The molecular weight excluding hydrogens is 382 g/mol. The first-order valence-corrected chi connectivity index (χ1v) is 9.99. The molecule has 0 saturated carbocycles. The lowest BCUT2D eigenvalue weighted by Crippen LogP contribution is -2.27. The molecule has 140 valence electrons. The van der Waals surface area contributed by atoms with E-state index < -0.39 is 0 Å². The molecule has 3 rings (SSSR count). The molecule has 1 fully saturated rings. The minimum atomic E-state index is -0.298. The Labute approximate surface area is 168 Å². The van der Waals surface area contributed by atoms with Crippen LogP contribution in [0.4, 0.5) is 4.79 Å². The van der Waals surface area contributed by atoms with E-state index >= 15 is 0 Å². The first-order valence-electron chi connectivity index (χ1n) is 8.80. The molecule has 0 spiro atoms. The molecule has 1 heterocycles. The molecule has 4 nitrogen and oxygen atoms in total. The highest BCUT2D eigenvalue weighted by molar-refractivity contribution is 8.18. The highest BCUT2D eigenvalue weighted by atomic mass is 35.5. The van der Waals surface area contributed by atoms with Gasteiger partial charge in [-0.15, -0.1) is 0 Å². The fourth-order valence-corrected chi connectivity index (χ4v) is 3.61. The van der Waals surface area contributed by atoms with Crippen LogP contribution in [0.25, 0.3) is 6.08 Å². The van der Waals surface area contributed by atoms with Crippen molar-refractivity contribution in [3.63, 3.8) is 0 Å². The second-order valence-corrected chi connectivity index (χ2v) is 7.53. The smallest absolute Gasteiger partial charge is 0.293 e. The maximum atomic E-state index is 12.6. The second-order valence-electron chi connectivity index (χ2n) is 6.13. The van der Waals surface area contributed by atoms with Crippen molar-refractivity contribution in [1.29, 1.82) is 0 Å². The average molecular weight is 402 g/mol. The van der Waals surface area contributed by atoms with Crippen molar-refractivity contribution in [3.8, 4) is 5.75 Å². The van der Waals surface area contributed by atoms with Gasteiger partial charge in [0.2, 0.25) is 0 Å². The average Bonchev–Trinajstić information content (AvgIpc) is 2.92. The van der Waals surface area contributed by atoms with Gasteiger partial charge in [0.1, 0.15) is 5.75 Å². The van der Waals surface area contributed by atoms with Crippen molar-refractivity contribution in [2.24, 2.45) is 0 Å². The summed E-state index contributed by atoms with van der Waals surface area (Å²) in [6.07, 6.45) is 3.83. The number of unbranched alkanes of at least 4 members (excludes halogenated alkanes) is 1. The second kappa shape index (κ2) is 9.11. The quantitative estimate of drug-likeness (QED) is 0.437. The van der Waals surface area contributed by atoms with Crippen molar-refractivity contribution in [1.82, 2.24) is 4.90 Å². The van der Waals surface area contributed by atoms with Crippen LogP contribution >= 0.6 is 23.4 Å². The van der Waals surface area contributed by atoms with Crippen LogP contribution in [0.2, 0.25) is 5.02 Å². The molecule has 2 aromatic rings. The number of hydrogen-bond acceptors (Lipinski definition) is 4. The zero-order valence-electron chi connectivity index (χ0n) is 15.0. The summed E-state index contributed by atoms with van der Waals surface area (Å²) in [7, 11) is 0. The minimum absolute atomic E-state index is 0.173. The molecule has 0 bridgehead atoms. The van der Waals surface area contributed by atoms with Gasteiger partial charge >= 0.3 is 0 Å². The Morgan fingerprint density at radius 2 is 1.85 bits per heavy atom. The van der Waals surface area contributed by atoms with Gasteiger partial charge in [-0.3, -0.25) is 14.5 Å². The molecule has 0 aliphatic carbocycles. The van der Waals surface area contributed by atoms with Crippen molar-refractivity contribution >= 4 is 40.6 Å². The maximum Gasteiger partial charge on any atom is 0.293 e. The number of hydrogen-bond donors (Lipinski definition) is 0. The number of benzene rings is 2. The van der Waals surface area contributed by atoms with E-state index in [1.807, 2.05) is 42.5 Å². The summed E-state index contributed by atoms with van der Waals surface area (Å²) in [5.41, 5.74) is 1.59. The summed E-state index contributed by atoms with van der Waals surface area (Å²) >= 11 is 7.09. The van der Waals surface area contributed by atoms with Crippen LogP contribution in [0, 0.1) is 0 Å². The Balaban J connectivity index is 1.69. The standard InChI is InChI=1S/C21H20ClNO3S/c1-2-3-12-26-17-10-8-15(9-11-17)13-19-20(24)23(21(25)27-19)14-16-6-4-5-7-18(16)22/h4-11,13H,2-3,12,14H2,1H3/b19-13-.